The Bertz CT molecular complexity index is 523. The van der Waals surface area contributed by atoms with Crippen LogP contribution in [-0.4, -0.2) is 40.5 Å². The molecule has 0 radical (unpaired) electrons. The predicted molar refractivity (Wildman–Crippen MR) is 64.2 cm³/mol. The summed E-state index contributed by atoms with van der Waals surface area (Å²) in [6.07, 6.45) is 1.41. The van der Waals surface area contributed by atoms with Gasteiger partial charge in [-0.1, -0.05) is 11.3 Å². The third-order valence-electron chi connectivity index (χ3n) is 2.07. The van der Waals surface area contributed by atoms with E-state index in [1.807, 2.05) is 0 Å². The normalized spacial score (nSPS) is 10.1. The number of carbonyl (C=O) groups is 2. The molecule has 7 nitrogen and oxygen atoms in total. The third kappa shape index (κ3) is 2.92. The molecule has 2 amide bonds. The van der Waals surface area contributed by atoms with E-state index >= 15 is 0 Å². The Balaban J connectivity index is 1.89. The van der Waals surface area contributed by atoms with E-state index in [0.29, 0.717) is 5.13 Å². The van der Waals surface area contributed by atoms with Gasteiger partial charge in [0.2, 0.25) is 11.0 Å². The van der Waals surface area contributed by atoms with Crippen LogP contribution in [-0.2, 0) is 4.79 Å². The van der Waals surface area contributed by atoms with Gasteiger partial charge in [0.1, 0.15) is 12.1 Å². The molecule has 8 heteroatoms. The summed E-state index contributed by atoms with van der Waals surface area (Å²) in [6.45, 7) is -0.0842. The fraction of sp³-hybridized carbons (Fsp3) is 0.200. The van der Waals surface area contributed by atoms with Crippen molar-refractivity contribution in [3.63, 3.8) is 0 Å². The highest BCUT2D eigenvalue weighted by molar-refractivity contribution is 7.13. The summed E-state index contributed by atoms with van der Waals surface area (Å²) < 4.78 is 4.96. The molecular formula is C10H10N4O3S. The molecule has 0 spiro atoms. The number of aromatic nitrogens is 2. The Morgan fingerprint density at radius 3 is 3.00 bits per heavy atom. The molecule has 2 heterocycles. The first-order valence-electron chi connectivity index (χ1n) is 5.02. The monoisotopic (exact) mass is 266 g/mol. The van der Waals surface area contributed by atoms with Crippen LogP contribution in [0, 0.1) is 0 Å². The van der Waals surface area contributed by atoms with Gasteiger partial charge in [0.25, 0.3) is 5.91 Å². The average Bonchev–Trinajstić information content (AvgIpc) is 2.99. The van der Waals surface area contributed by atoms with Crippen LogP contribution in [0.3, 0.4) is 0 Å². The molecule has 18 heavy (non-hydrogen) atoms. The number of nitrogens with zero attached hydrogens (tertiary/aromatic N) is 3. The molecule has 0 atom stereocenters. The minimum absolute atomic E-state index is 0.0842. The zero-order valence-corrected chi connectivity index (χ0v) is 10.3. The Morgan fingerprint density at radius 2 is 2.39 bits per heavy atom. The third-order valence-corrected chi connectivity index (χ3v) is 2.67. The molecule has 0 aliphatic heterocycles. The SMILES string of the molecule is CN(CC(=O)Nc1nncs1)C(=O)c1ccco1. The van der Waals surface area contributed by atoms with Gasteiger partial charge in [-0.25, -0.2) is 0 Å². The number of hydrogen-bond acceptors (Lipinski definition) is 6. The predicted octanol–water partition coefficient (Wildman–Crippen LogP) is 0.842. The van der Waals surface area contributed by atoms with Crippen LogP contribution in [0.15, 0.2) is 28.3 Å². The van der Waals surface area contributed by atoms with Crippen LogP contribution in [0.1, 0.15) is 10.6 Å². The number of rotatable bonds is 4. The number of amides is 2. The largest absolute Gasteiger partial charge is 0.459 e. The molecule has 2 rings (SSSR count). The van der Waals surface area contributed by atoms with Gasteiger partial charge in [-0.2, -0.15) is 0 Å². The lowest BCUT2D eigenvalue weighted by atomic mass is 10.4. The lowest BCUT2D eigenvalue weighted by Crippen LogP contribution is -2.34. The van der Waals surface area contributed by atoms with Crippen molar-refractivity contribution in [1.82, 2.24) is 15.1 Å². The van der Waals surface area contributed by atoms with Crippen molar-refractivity contribution in [2.75, 3.05) is 18.9 Å². The standard InChI is InChI=1S/C10H10N4O3S/c1-14(9(16)7-3-2-4-17-7)5-8(15)12-10-13-11-6-18-10/h2-4,6H,5H2,1H3,(H,12,13,15). The zero-order valence-electron chi connectivity index (χ0n) is 9.49. The van der Waals surface area contributed by atoms with Gasteiger partial charge >= 0.3 is 0 Å². The van der Waals surface area contributed by atoms with Gasteiger partial charge in [0.15, 0.2) is 5.76 Å². The molecule has 0 unspecified atom stereocenters. The number of furan rings is 1. The Labute approximate surface area is 106 Å². The molecular weight excluding hydrogens is 256 g/mol. The molecule has 0 aromatic carbocycles. The van der Waals surface area contributed by atoms with Gasteiger partial charge in [-0.15, -0.1) is 10.2 Å². The number of anilines is 1. The van der Waals surface area contributed by atoms with E-state index in [9.17, 15) is 9.59 Å². The fourth-order valence-electron chi connectivity index (χ4n) is 1.26. The fourth-order valence-corrected chi connectivity index (χ4v) is 1.72. The molecule has 0 saturated carbocycles. The van der Waals surface area contributed by atoms with E-state index < -0.39 is 0 Å². The topological polar surface area (TPSA) is 88.3 Å². The number of carbonyl (C=O) groups excluding carboxylic acids is 2. The van der Waals surface area contributed by atoms with Crippen molar-refractivity contribution in [3.8, 4) is 0 Å². The lowest BCUT2D eigenvalue weighted by Gasteiger charge is -2.14. The number of likely N-dealkylation sites (N-methyl/N-ethyl adjacent to an activating group) is 1. The molecule has 0 aliphatic carbocycles. The zero-order chi connectivity index (χ0) is 13.0. The lowest BCUT2D eigenvalue weighted by molar-refractivity contribution is -0.116. The second kappa shape index (κ2) is 5.41. The molecule has 2 aromatic rings. The maximum Gasteiger partial charge on any atom is 0.289 e. The van der Waals surface area contributed by atoms with E-state index in [4.69, 9.17) is 4.42 Å². The maximum atomic E-state index is 11.8. The summed E-state index contributed by atoms with van der Waals surface area (Å²) in [4.78, 5) is 24.6. The van der Waals surface area contributed by atoms with E-state index in [0.717, 1.165) is 0 Å². The van der Waals surface area contributed by atoms with E-state index in [1.54, 1.807) is 12.1 Å². The Hall–Kier alpha value is -2.22. The summed E-state index contributed by atoms with van der Waals surface area (Å²) >= 11 is 1.21. The van der Waals surface area contributed by atoms with Crippen molar-refractivity contribution in [2.45, 2.75) is 0 Å². The maximum absolute atomic E-state index is 11.8. The van der Waals surface area contributed by atoms with Crippen molar-refractivity contribution in [1.29, 1.82) is 0 Å². The van der Waals surface area contributed by atoms with Gasteiger partial charge in [0, 0.05) is 7.05 Å². The van der Waals surface area contributed by atoms with Crippen LogP contribution in [0.5, 0.6) is 0 Å². The summed E-state index contributed by atoms with van der Waals surface area (Å²) in [5.74, 6) is -0.497. The summed E-state index contributed by atoms with van der Waals surface area (Å²) in [7, 11) is 1.52. The second-order valence-electron chi connectivity index (χ2n) is 3.43. The van der Waals surface area contributed by atoms with Gasteiger partial charge in [0.05, 0.1) is 6.26 Å². The highest BCUT2D eigenvalue weighted by Gasteiger charge is 2.17. The Kier molecular flexibility index (Phi) is 3.68. The second-order valence-corrected chi connectivity index (χ2v) is 4.26. The highest BCUT2D eigenvalue weighted by atomic mass is 32.1. The number of hydrogen-bond donors (Lipinski definition) is 1. The molecule has 94 valence electrons. The summed E-state index contributed by atoms with van der Waals surface area (Å²) in [5.41, 5.74) is 1.51. The summed E-state index contributed by atoms with van der Waals surface area (Å²) in [5, 5.41) is 10.2. The van der Waals surface area contributed by atoms with Gasteiger partial charge in [-0.3, -0.25) is 14.9 Å². The van der Waals surface area contributed by atoms with Crippen molar-refractivity contribution >= 4 is 28.3 Å². The molecule has 1 N–H and O–H groups in total. The minimum Gasteiger partial charge on any atom is -0.459 e. The van der Waals surface area contributed by atoms with Crippen molar-refractivity contribution in [2.24, 2.45) is 0 Å². The molecule has 2 aromatic heterocycles. The van der Waals surface area contributed by atoms with Crippen LogP contribution >= 0.6 is 11.3 Å². The highest BCUT2D eigenvalue weighted by Crippen LogP contribution is 2.08. The molecule has 0 saturated heterocycles. The quantitative estimate of drug-likeness (QED) is 0.886. The van der Waals surface area contributed by atoms with E-state index in [2.05, 4.69) is 15.5 Å². The molecule has 0 fully saturated rings. The first-order valence-corrected chi connectivity index (χ1v) is 5.90. The molecule has 0 aliphatic rings. The molecule has 0 bridgehead atoms. The number of nitrogens with one attached hydrogen (secondary N) is 1. The van der Waals surface area contributed by atoms with Crippen LogP contribution in [0.2, 0.25) is 0 Å². The van der Waals surface area contributed by atoms with Crippen molar-refractivity contribution in [3.05, 3.63) is 29.7 Å². The van der Waals surface area contributed by atoms with Crippen LogP contribution < -0.4 is 5.32 Å². The van der Waals surface area contributed by atoms with Crippen molar-refractivity contribution < 1.29 is 14.0 Å². The Morgan fingerprint density at radius 1 is 1.56 bits per heavy atom. The first kappa shape index (κ1) is 12.2. The first-order chi connectivity index (χ1) is 8.66. The van der Waals surface area contributed by atoms with E-state index in [-0.39, 0.29) is 24.1 Å². The van der Waals surface area contributed by atoms with Gasteiger partial charge in [-0.05, 0) is 12.1 Å². The van der Waals surface area contributed by atoms with Crippen LogP contribution in [0.4, 0.5) is 5.13 Å². The smallest absolute Gasteiger partial charge is 0.289 e. The minimum atomic E-state index is -0.354. The van der Waals surface area contributed by atoms with Gasteiger partial charge < -0.3 is 9.32 Å². The van der Waals surface area contributed by atoms with Crippen LogP contribution in [0.25, 0.3) is 0 Å². The average molecular weight is 266 g/mol. The van der Waals surface area contributed by atoms with E-state index in [1.165, 1.54) is 35.1 Å². The summed E-state index contributed by atoms with van der Waals surface area (Å²) in [6, 6.07) is 3.16.